The van der Waals surface area contributed by atoms with Gasteiger partial charge < -0.3 is 20.1 Å². The lowest BCUT2D eigenvalue weighted by atomic mass is 9.73. The van der Waals surface area contributed by atoms with Crippen LogP contribution in [0.25, 0.3) is 11.2 Å². The molecule has 2 aromatic rings. The number of hydrogen-bond acceptors (Lipinski definition) is 10. The van der Waals surface area contributed by atoms with Gasteiger partial charge in [0.1, 0.15) is 11.6 Å². The molecule has 1 aliphatic rings. The number of aromatic nitrogens is 4. The van der Waals surface area contributed by atoms with Crippen molar-refractivity contribution in [2.75, 3.05) is 0 Å². The molecular formula is C16H16Cl2N4O7. The number of rotatable bonds is 5. The first kappa shape index (κ1) is 21.7. The maximum atomic E-state index is 12.5. The number of ether oxygens (including phenoxy) is 1. The van der Waals surface area contributed by atoms with Gasteiger partial charge in [-0.25, -0.2) is 9.97 Å². The molecule has 2 aromatic heterocycles. The Bertz CT molecular complexity index is 1040. The number of ketones is 3. The molecule has 0 spiro atoms. The van der Waals surface area contributed by atoms with E-state index in [-0.39, 0.29) is 21.6 Å². The molecule has 0 aromatic carbocycles. The van der Waals surface area contributed by atoms with Crippen LogP contribution in [0, 0.1) is 0 Å². The van der Waals surface area contributed by atoms with Crippen LogP contribution in [-0.4, -0.2) is 75.6 Å². The number of halogens is 2. The number of Topliss-reactive ketones (excluding diaryl/α,β-unsaturated/α-hetero) is 3. The topological polar surface area (TPSA) is 165 Å². The average Bonchev–Trinajstić information content (AvgIpc) is 3.13. The van der Waals surface area contributed by atoms with Gasteiger partial charge in [-0.2, -0.15) is 4.98 Å². The van der Waals surface area contributed by atoms with Gasteiger partial charge in [-0.3, -0.25) is 19.0 Å². The number of carbonyl (C=O) groups excluding carboxylic acids is 3. The van der Waals surface area contributed by atoms with Crippen molar-refractivity contribution in [1.82, 2.24) is 19.5 Å². The van der Waals surface area contributed by atoms with Gasteiger partial charge in [-0.05, 0) is 32.4 Å². The molecule has 13 heteroatoms. The Morgan fingerprint density at radius 1 is 1.17 bits per heavy atom. The van der Waals surface area contributed by atoms with Crippen LogP contribution in [0.4, 0.5) is 0 Å². The zero-order valence-corrected chi connectivity index (χ0v) is 16.8. The second-order valence-electron chi connectivity index (χ2n) is 6.70. The standard InChI is InChI=1S/C16H16Cl2N4O7/c1-5(23)9(26)10-15(27,6(2)24)16(28,7(3)25)13(29-10)22-4-19-8-11(17)20-14(18)21-12(8)22/h4-5,10,13,23,27-28H,1-3H3/t5?,10-,13-,15-,16+/m1/s1. The van der Waals surface area contributed by atoms with Gasteiger partial charge in [-0.1, -0.05) is 11.6 Å². The minimum atomic E-state index is -2.99. The molecule has 0 saturated carbocycles. The minimum absolute atomic E-state index is 0.0298. The van der Waals surface area contributed by atoms with Gasteiger partial charge >= 0.3 is 0 Å². The van der Waals surface area contributed by atoms with Crippen LogP contribution < -0.4 is 0 Å². The van der Waals surface area contributed by atoms with Gasteiger partial charge in [0.25, 0.3) is 0 Å². The Hall–Kier alpha value is -2.02. The molecule has 29 heavy (non-hydrogen) atoms. The van der Waals surface area contributed by atoms with Crippen molar-refractivity contribution < 1.29 is 34.4 Å². The van der Waals surface area contributed by atoms with Crippen molar-refractivity contribution in [3.8, 4) is 0 Å². The molecule has 0 radical (unpaired) electrons. The van der Waals surface area contributed by atoms with Crippen LogP contribution in [0.2, 0.25) is 10.4 Å². The van der Waals surface area contributed by atoms with E-state index in [0.717, 1.165) is 31.7 Å². The van der Waals surface area contributed by atoms with Gasteiger partial charge in [0.2, 0.25) is 10.9 Å². The third-order valence-electron chi connectivity index (χ3n) is 4.93. The third kappa shape index (κ3) is 2.88. The quantitative estimate of drug-likeness (QED) is 0.406. The van der Waals surface area contributed by atoms with Crippen molar-refractivity contribution in [2.45, 2.75) is 50.4 Å². The van der Waals surface area contributed by atoms with Crippen LogP contribution in [-0.2, 0) is 19.1 Å². The highest BCUT2D eigenvalue weighted by Gasteiger charge is 2.73. The number of fused-ring (bicyclic) bond motifs is 1. The van der Waals surface area contributed by atoms with E-state index < -0.39 is 47.0 Å². The molecule has 1 fully saturated rings. The highest BCUT2D eigenvalue weighted by molar-refractivity contribution is 6.35. The molecular weight excluding hydrogens is 431 g/mol. The normalized spacial score (nSPS) is 30.5. The lowest BCUT2D eigenvalue weighted by molar-refractivity contribution is -0.182. The molecule has 1 aliphatic heterocycles. The van der Waals surface area contributed by atoms with E-state index in [1.54, 1.807) is 0 Å². The molecule has 0 bridgehead atoms. The lowest BCUT2D eigenvalue weighted by Gasteiger charge is -2.36. The summed E-state index contributed by atoms with van der Waals surface area (Å²) in [5, 5.41) is 31.6. The summed E-state index contributed by atoms with van der Waals surface area (Å²) >= 11 is 11.8. The molecule has 1 unspecified atom stereocenters. The summed E-state index contributed by atoms with van der Waals surface area (Å²) in [4.78, 5) is 48.9. The summed E-state index contributed by atoms with van der Waals surface area (Å²) < 4.78 is 6.50. The van der Waals surface area contributed by atoms with E-state index in [9.17, 15) is 29.7 Å². The average molecular weight is 447 g/mol. The van der Waals surface area contributed by atoms with E-state index in [1.807, 2.05) is 0 Å². The highest BCUT2D eigenvalue weighted by Crippen LogP contribution is 2.48. The first-order valence-electron chi connectivity index (χ1n) is 8.27. The molecule has 1 saturated heterocycles. The Kier molecular flexibility index (Phi) is 5.27. The number of hydrogen-bond donors (Lipinski definition) is 3. The fourth-order valence-corrected chi connectivity index (χ4v) is 3.82. The van der Waals surface area contributed by atoms with Gasteiger partial charge in [0.15, 0.2) is 46.1 Å². The maximum absolute atomic E-state index is 12.5. The molecule has 0 amide bonds. The van der Waals surface area contributed by atoms with Crippen molar-refractivity contribution in [1.29, 1.82) is 0 Å². The smallest absolute Gasteiger partial charge is 0.225 e. The summed E-state index contributed by atoms with van der Waals surface area (Å²) in [7, 11) is 0. The van der Waals surface area contributed by atoms with Crippen LogP contribution in [0.1, 0.15) is 27.0 Å². The van der Waals surface area contributed by atoms with Crippen LogP contribution in [0.15, 0.2) is 6.33 Å². The first-order chi connectivity index (χ1) is 13.4. The SMILES string of the molecule is CC(=O)[C@@]1(O)[C@@H](C(=O)C(C)O)O[C@@H](n2cnc3c(Cl)nc(Cl)nc32)[C@@]1(O)C(C)=O. The van der Waals surface area contributed by atoms with Gasteiger partial charge in [-0.15, -0.1) is 0 Å². The predicted molar refractivity (Wildman–Crippen MR) is 97.2 cm³/mol. The fraction of sp³-hybridized carbons (Fsp3) is 0.500. The molecule has 3 heterocycles. The second kappa shape index (κ2) is 7.04. The monoisotopic (exact) mass is 446 g/mol. The number of nitrogens with zero attached hydrogens (tertiary/aromatic N) is 4. The molecule has 0 aliphatic carbocycles. The van der Waals surface area contributed by atoms with Crippen molar-refractivity contribution in [3.05, 3.63) is 16.8 Å². The Morgan fingerprint density at radius 2 is 1.76 bits per heavy atom. The second-order valence-corrected chi connectivity index (χ2v) is 7.40. The van der Waals surface area contributed by atoms with E-state index in [1.165, 1.54) is 0 Å². The van der Waals surface area contributed by atoms with E-state index in [0.29, 0.717) is 0 Å². The summed E-state index contributed by atoms with van der Waals surface area (Å²) in [5.41, 5.74) is -5.97. The number of carbonyl (C=O) groups is 3. The van der Waals surface area contributed by atoms with Crippen LogP contribution in [0.3, 0.4) is 0 Å². The summed E-state index contributed by atoms with van der Waals surface area (Å²) in [6.45, 7) is 2.88. The largest absolute Gasteiger partial charge is 0.386 e. The van der Waals surface area contributed by atoms with Gasteiger partial charge in [0, 0.05) is 0 Å². The fourth-order valence-electron chi connectivity index (χ4n) is 3.40. The number of aliphatic hydroxyl groups excluding tert-OH is 1. The van der Waals surface area contributed by atoms with E-state index >= 15 is 0 Å². The van der Waals surface area contributed by atoms with Crippen LogP contribution in [0.5, 0.6) is 0 Å². The maximum Gasteiger partial charge on any atom is 0.225 e. The molecule has 3 N–H and O–H groups in total. The highest BCUT2D eigenvalue weighted by atomic mass is 35.5. The molecule has 11 nitrogen and oxygen atoms in total. The Balaban J connectivity index is 2.30. The molecule has 5 atom stereocenters. The number of imidazole rings is 1. The van der Waals surface area contributed by atoms with Crippen molar-refractivity contribution in [3.63, 3.8) is 0 Å². The summed E-state index contributed by atoms with van der Waals surface area (Å²) in [6.07, 6.45) is -4.47. The number of aliphatic hydroxyl groups is 3. The zero-order chi connectivity index (χ0) is 21.9. The molecule has 156 valence electrons. The molecule has 3 rings (SSSR count). The van der Waals surface area contributed by atoms with Crippen LogP contribution >= 0.6 is 23.2 Å². The Morgan fingerprint density at radius 3 is 2.28 bits per heavy atom. The van der Waals surface area contributed by atoms with E-state index in [2.05, 4.69) is 15.0 Å². The van der Waals surface area contributed by atoms with Crippen molar-refractivity contribution in [2.24, 2.45) is 0 Å². The third-order valence-corrected chi connectivity index (χ3v) is 5.36. The first-order valence-corrected chi connectivity index (χ1v) is 9.02. The summed E-state index contributed by atoms with van der Waals surface area (Å²) in [5.74, 6) is -3.30. The lowest BCUT2D eigenvalue weighted by Crippen LogP contribution is -2.67. The van der Waals surface area contributed by atoms with E-state index in [4.69, 9.17) is 27.9 Å². The predicted octanol–water partition coefficient (Wildman–Crippen LogP) is -0.379. The summed E-state index contributed by atoms with van der Waals surface area (Å²) in [6, 6.07) is 0. The van der Waals surface area contributed by atoms with Gasteiger partial charge in [0.05, 0.1) is 6.33 Å². The zero-order valence-electron chi connectivity index (χ0n) is 15.3. The minimum Gasteiger partial charge on any atom is -0.386 e. The Labute approximate surface area is 173 Å². The van der Waals surface area contributed by atoms with Crippen molar-refractivity contribution >= 4 is 51.7 Å².